The molecule has 0 amide bonds. The van der Waals surface area contributed by atoms with Gasteiger partial charge >= 0.3 is 0 Å². The number of methoxy groups -OCH3 is 1. The summed E-state index contributed by atoms with van der Waals surface area (Å²) in [7, 11) is 1.56. The maximum absolute atomic E-state index is 14.0. The van der Waals surface area contributed by atoms with Crippen LogP contribution >= 0.6 is 11.8 Å². The summed E-state index contributed by atoms with van der Waals surface area (Å²) in [6.07, 6.45) is 0. The number of nitrogens with one attached hydrogen (secondary N) is 1. The Balaban J connectivity index is 2.00. The molecule has 0 saturated carbocycles. The van der Waals surface area contributed by atoms with Crippen LogP contribution in [0.3, 0.4) is 0 Å². The fourth-order valence-electron chi connectivity index (χ4n) is 2.61. The molecule has 0 aliphatic rings. The van der Waals surface area contributed by atoms with E-state index in [1.807, 2.05) is 13.0 Å². The summed E-state index contributed by atoms with van der Waals surface area (Å²) >= 11 is 1.22. The van der Waals surface area contributed by atoms with E-state index in [0.29, 0.717) is 22.0 Å². The third-order valence-electron chi connectivity index (χ3n) is 4.00. The van der Waals surface area contributed by atoms with Gasteiger partial charge in [-0.1, -0.05) is 30.0 Å². The molecule has 3 aromatic rings. The number of aromatic amines is 1. The van der Waals surface area contributed by atoms with Gasteiger partial charge in [0, 0.05) is 16.4 Å². The van der Waals surface area contributed by atoms with Gasteiger partial charge in [0.25, 0.3) is 5.56 Å². The molecule has 136 valence electrons. The van der Waals surface area contributed by atoms with E-state index in [2.05, 4.69) is 9.97 Å². The minimum Gasteiger partial charge on any atom is -0.497 e. The van der Waals surface area contributed by atoms with E-state index < -0.39 is 5.56 Å². The fraction of sp³-hybridized carbons (Fsp3) is 0.150. The lowest BCUT2D eigenvalue weighted by Crippen LogP contribution is -2.15. The van der Waals surface area contributed by atoms with Gasteiger partial charge in [0.15, 0.2) is 5.16 Å². The van der Waals surface area contributed by atoms with Crippen molar-refractivity contribution in [3.63, 3.8) is 0 Å². The number of hydrogen-bond acceptors (Lipinski definition) is 5. The Morgan fingerprint density at radius 2 is 1.93 bits per heavy atom. The van der Waals surface area contributed by atoms with Gasteiger partial charge in [-0.25, -0.2) is 9.37 Å². The number of rotatable bonds is 5. The lowest BCUT2D eigenvalue weighted by atomic mass is 10.1. The lowest BCUT2D eigenvalue weighted by Gasteiger charge is -2.13. The highest BCUT2D eigenvalue weighted by Crippen LogP contribution is 2.34. The molecule has 1 atom stereocenters. The van der Waals surface area contributed by atoms with Crippen LogP contribution in [-0.2, 0) is 0 Å². The van der Waals surface area contributed by atoms with E-state index in [1.165, 1.54) is 17.8 Å². The van der Waals surface area contributed by atoms with E-state index in [4.69, 9.17) is 4.74 Å². The van der Waals surface area contributed by atoms with Crippen molar-refractivity contribution in [3.05, 3.63) is 75.8 Å². The van der Waals surface area contributed by atoms with Crippen molar-refractivity contribution in [2.24, 2.45) is 0 Å². The first-order valence-corrected chi connectivity index (χ1v) is 9.01. The summed E-state index contributed by atoms with van der Waals surface area (Å²) in [6.45, 7) is 1.83. The largest absolute Gasteiger partial charge is 0.497 e. The minimum atomic E-state index is -0.526. The number of aromatic nitrogens is 2. The van der Waals surface area contributed by atoms with Gasteiger partial charge in [0.2, 0.25) is 0 Å². The van der Waals surface area contributed by atoms with E-state index in [-0.39, 0.29) is 22.3 Å². The molecule has 1 unspecified atom stereocenters. The number of nitriles is 1. The van der Waals surface area contributed by atoms with Crippen LogP contribution in [0.1, 0.15) is 23.3 Å². The average molecular weight is 381 g/mol. The van der Waals surface area contributed by atoms with Crippen molar-refractivity contribution in [2.75, 3.05) is 7.11 Å². The van der Waals surface area contributed by atoms with Crippen LogP contribution in [0, 0.1) is 17.1 Å². The summed E-state index contributed by atoms with van der Waals surface area (Å²) in [5, 5.41) is 9.41. The molecule has 0 fully saturated rings. The number of ether oxygens (including phenoxy) is 1. The molecule has 0 bridgehead atoms. The van der Waals surface area contributed by atoms with Gasteiger partial charge in [-0.15, -0.1) is 0 Å². The second-order valence-corrected chi connectivity index (χ2v) is 7.05. The molecule has 0 spiro atoms. The molecule has 0 radical (unpaired) electrons. The van der Waals surface area contributed by atoms with Gasteiger partial charge in [-0.05, 0) is 37.3 Å². The van der Waals surface area contributed by atoms with Crippen molar-refractivity contribution >= 4 is 11.8 Å². The average Bonchev–Trinajstić information content (AvgIpc) is 2.68. The highest BCUT2D eigenvalue weighted by atomic mass is 32.2. The van der Waals surface area contributed by atoms with Crippen LogP contribution < -0.4 is 10.3 Å². The molecule has 1 aromatic heterocycles. The predicted octanol–water partition coefficient (Wildman–Crippen LogP) is 4.31. The molecule has 0 aliphatic carbocycles. The number of thioether (sulfide) groups is 1. The minimum absolute atomic E-state index is 0.0666. The van der Waals surface area contributed by atoms with Crippen LogP contribution in [-0.4, -0.2) is 17.1 Å². The SMILES string of the molecule is COc1ccc(-c2nc(SC(C)c3ccccc3F)[nH]c(=O)c2C#N)cc1. The number of H-pyrrole nitrogens is 1. The maximum Gasteiger partial charge on any atom is 0.270 e. The van der Waals surface area contributed by atoms with Crippen LogP contribution in [0.2, 0.25) is 0 Å². The fourth-order valence-corrected chi connectivity index (χ4v) is 3.55. The molecule has 5 nitrogen and oxygen atoms in total. The molecule has 7 heteroatoms. The molecule has 2 aromatic carbocycles. The molecule has 1 heterocycles. The highest BCUT2D eigenvalue weighted by molar-refractivity contribution is 7.99. The van der Waals surface area contributed by atoms with Crippen molar-refractivity contribution in [1.29, 1.82) is 5.26 Å². The highest BCUT2D eigenvalue weighted by Gasteiger charge is 2.17. The molecular weight excluding hydrogens is 365 g/mol. The number of nitrogens with zero attached hydrogens (tertiary/aromatic N) is 2. The van der Waals surface area contributed by atoms with Gasteiger partial charge < -0.3 is 9.72 Å². The third kappa shape index (κ3) is 4.01. The maximum atomic E-state index is 14.0. The Morgan fingerprint density at radius 1 is 1.22 bits per heavy atom. The molecule has 0 aliphatic heterocycles. The predicted molar refractivity (Wildman–Crippen MR) is 102 cm³/mol. The van der Waals surface area contributed by atoms with Gasteiger partial charge in [0.1, 0.15) is 23.2 Å². The zero-order valence-electron chi connectivity index (χ0n) is 14.7. The number of hydrogen-bond donors (Lipinski definition) is 1. The van der Waals surface area contributed by atoms with E-state index in [0.717, 1.165) is 0 Å². The van der Waals surface area contributed by atoms with E-state index >= 15 is 0 Å². The summed E-state index contributed by atoms with van der Waals surface area (Å²) in [4.78, 5) is 19.4. The Hall–Kier alpha value is -3.11. The Bertz CT molecular complexity index is 1060. The topological polar surface area (TPSA) is 78.8 Å². The van der Waals surface area contributed by atoms with Crippen molar-refractivity contribution < 1.29 is 9.13 Å². The van der Waals surface area contributed by atoms with Crippen LogP contribution in [0.5, 0.6) is 5.75 Å². The van der Waals surface area contributed by atoms with Crippen LogP contribution in [0.25, 0.3) is 11.3 Å². The zero-order valence-corrected chi connectivity index (χ0v) is 15.5. The van der Waals surface area contributed by atoms with Crippen molar-refractivity contribution in [1.82, 2.24) is 9.97 Å². The van der Waals surface area contributed by atoms with Crippen molar-refractivity contribution in [2.45, 2.75) is 17.3 Å². The molecule has 1 N–H and O–H groups in total. The summed E-state index contributed by atoms with van der Waals surface area (Å²) < 4.78 is 19.1. The first kappa shape index (κ1) is 18.7. The van der Waals surface area contributed by atoms with Crippen LogP contribution in [0.15, 0.2) is 58.5 Å². The molecule has 0 saturated heterocycles. The standard InChI is InChI=1S/C20H16FN3O2S/c1-12(15-5-3-4-6-17(15)21)27-20-23-18(16(11-22)19(25)24-20)13-7-9-14(26-2)10-8-13/h3-10,12H,1-2H3,(H,23,24,25). The Kier molecular flexibility index (Phi) is 5.57. The van der Waals surface area contributed by atoms with Crippen molar-refractivity contribution in [3.8, 4) is 23.1 Å². The third-order valence-corrected chi connectivity index (χ3v) is 5.03. The number of halogens is 1. The quantitative estimate of drug-likeness (QED) is 0.526. The first-order chi connectivity index (χ1) is 13.0. The normalized spacial score (nSPS) is 11.6. The summed E-state index contributed by atoms with van der Waals surface area (Å²) in [5.74, 6) is 0.341. The molecule has 3 rings (SSSR count). The molecular formula is C20H16FN3O2S. The Morgan fingerprint density at radius 3 is 2.56 bits per heavy atom. The number of benzene rings is 2. The second-order valence-electron chi connectivity index (χ2n) is 5.72. The summed E-state index contributed by atoms with van der Waals surface area (Å²) in [5.41, 5.74) is 0.830. The zero-order chi connectivity index (χ0) is 19.4. The molecule has 27 heavy (non-hydrogen) atoms. The lowest BCUT2D eigenvalue weighted by molar-refractivity contribution is 0.415. The smallest absolute Gasteiger partial charge is 0.270 e. The van der Waals surface area contributed by atoms with Gasteiger partial charge in [-0.3, -0.25) is 4.79 Å². The summed E-state index contributed by atoms with van der Waals surface area (Å²) in [6, 6.07) is 15.3. The second kappa shape index (κ2) is 8.06. The monoisotopic (exact) mass is 381 g/mol. The van der Waals surface area contributed by atoms with Gasteiger partial charge in [-0.2, -0.15) is 5.26 Å². The van der Waals surface area contributed by atoms with E-state index in [1.54, 1.807) is 49.6 Å². The van der Waals surface area contributed by atoms with Gasteiger partial charge in [0.05, 0.1) is 12.8 Å². The van der Waals surface area contributed by atoms with Crippen LogP contribution in [0.4, 0.5) is 4.39 Å². The first-order valence-electron chi connectivity index (χ1n) is 8.13. The Labute approximate surface area is 159 Å². The van der Waals surface area contributed by atoms with E-state index in [9.17, 15) is 14.4 Å².